The third-order valence-electron chi connectivity index (χ3n) is 2.20. The smallest absolute Gasteiger partial charge is 0.186 e. The van der Waals surface area contributed by atoms with E-state index in [-0.39, 0.29) is 0 Å². The van der Waals surface area contributed by atoms with Crippen LogP contribution in [0, 0.1) is 11.3 Å². The highest BCUT2D eigenvalue weighted by Crippen LogP contribution is 1.98. The Bertz CT molecular complexity index is 483. The second-order valence-electron chi connectivity index (χ2n) is 3.36. The molecule has 72 valence electrons. The molecule has 0 radical (unpaired) electrons. The highest BCUT2D eigenvalue weighted by molar-refractivity contribution is 5.22. The zero-order valence-corrected chi connectivity index (χ0v) is 8.30. The van der Waals surface area contributed by atoms with Gasteiger partial charge in [0.1, 0.15) is 11.6 Å². The molecule has 0 aliphatic carbocycles. The third-order valence-corrected chi connectivity index (χ3v) is 2.20. The lowest BCUT2D eigenvalue weighted by Crippen LogP contribution is -2.33. The number of pyridine rings is 1. The molecule has 1 heterocycles. The molecular formula is C13H11N2+. The van der Waals surface area contributed by atoms with Crippen LogP contribution in [0.5, 0.6) is 0 Å². The summed E-state index contributed by atoms with van der Waals surface area (Å²) in [5.74, 6) is 0. The van der Waals surface area contributed by atoms with Crippen molar-refractivity contribution in [1.82, 2.24) is 0 Å². The first kappa shape index (κ1) is 9.42. The van der Waals surface area contributed by atoms with Gasteiger partial charge in [0.2, 0.25) is 0 Å². The Morgan fingerprint density at radius 2 is 1.87 bits per heavy atom. The van der Waals surface area contributed by atoms with Gasteiger partial charge < -0.3 is 0 Å². The molecule has 2 aromatic rings. The predicted octanol–water partition coefficient (Wildman–Crippen LogP) is 1.89. The Kier molecular flexibility index (Phi) is 2.75. The zero-order valence-electron chi connectivity index (χ0n) is 8.30. The maximum Gasteiger partial charge on any atom is 0.186 e. The Hall–Kier alpha value is -2.14. The van der Waals surface area contributed by atoms with Gasteiger partial charge in [-0.1, -0.05) is 30.3 Å². The van der Waals surface area contributed by atoms with Gasteiger partial charge in [-0.3, -0.25) is 0 Å². The number of hydrogen-bond donors (Lipinski definition) is 0. The lowest BCUT2D eigenvalue weighted by atomic mass is 10.2. The maximum absolute atomic E-state index is 8.76. The number of nitriles is 1. The minimum Gasteiger partial charge on any atom is -0.200 e. The van der Waals surface area contributed by atoms with E-state index in [9.17, 15) is 0 Å². The minimum absolute atomic E-state index is 0.688. The van der Waals surface area contributed by atoms with Crippen LogP contribution in [0.1, 0.15) is 11.1 Å². The van der Waals surface area contributed by atoms with Gasteiger partial charge in [0.05, 0.1) is 0 Å². The molecule has 0 spiro atoms. The molecule has 0 amide bonds. The van der Waals surface area contributed by atoms with Crippen LogP contribution in [0.15, 0.2) is 54.9 Å². The minimum atomic E-state index is 0.688. The highest BCUT2D eigenvalue weighted by Gasteiger charge is 2.02. The highest BCUT2D eigenvalue weighted by atomic mass is 14.9. The molecule has 2 heteroatoms. The molecule has 0 N–H and O–H groups in total. The van der Waals surface area contributed by atoms with E-state index in [0.717, 1.165) is 6.54 Å². The first-order valence-corrected chi connectivity index (χ1v) is 4.81. The fourth-order valence-corrected chi connectivity index (χ4v) is 1.48. The molecule has 1 aromatic heterocycles. The molecule has 0 saturated carbocycles. The van der Waals surface area contributed by atoms with E-state index >= 15 is 0 Å². The van der Waals surface area contributed by atoms with Crippen molar-refractivity contribution in [3.8, 4) is 6.07 Å². The van der Waals surface area contributed by atoms with Gasteiger partial charge in [-0.05, 0) is 6.07 Å². The summed E-state index contributed by atoms with van der Waals surface area (Å²) in [6, 6.07) is 16.0. The lowest BCUT2D eigenvalue weighted by Gasteiger charge is -1.96. The average molecular weight is 195 g/mol. The number of aromatic nitrogens is 1. The van der Waals surface area contributed by atoms with Crippen molar-refractivity contribution in [3.05, 3.63) is 66.0 Å². The molecular weight excluding hydrogens is 184 g/mol. The normalized spacial score (nSPS) is 9.53. The number of nitrogens with zero attached hydrogens (tertiary/aromatic N) is 2. The van der Waals surface area contributed by atoms with Crippen molar-refractivity contribution < 1.29 is 4.57 Å². The Morgan fingerprint density at radius 3 is 2.60 bits per heavy atom. The van der Waals surface area contributed by atoms with E-state index in [0.29, 0.717) is 5.56 Å². The molecule has 0 aliphatic rings. The summed E-state index contributed by atoms with van der Waals surface area (Å²) >= 11 is 0. The van der Waals surface area contributed by atoms with Crippen LogP contribution in [0.4, 0.5) is 0 Å². The molecule has 0 fully saturated rings. The molecule has 0 saturated heterocycles. The second kappa shape index (κ2) is 4.39. The average Bonchev–Trinajstić information content (AvgIpc) is 2.31. The van der Waals surface area contributed by atoms with Crippen LogP contribution in [-0.2, 0) is 6.54 Å². The van der Waals surface area contributed by atoms with Crippen molar-refractivity contribution in [2.45, 2.75) is 6.54 Å². The molecule has 2 nitrogen and oxygen atoms in total. The van der Waals surface area contributed by atoms with E-state index in [4.69, 9.17) is 5.26 Å². The molecule has 15 heavy (non-hydrogen) atoms. The summed E-state index contributed by atoms with van der Waals surface area (Å²) in [5.41, 5.74) is 1.92. The topological polar surface area (TPSA) is 27.7 Å². The zero-order chi connectivity index (χ0) is 10.5. The Morgan fingerprint density at radius 1 is 1.07 bits per heavy atom. The fraction of sp³-hybridized carbons (Fsp3) is 0.0769. The van der Waals surface area contributed by atoms with Crippen LogP contribution < -0.4 is 4.57 Å². The second-order valence-corrected chi connectivity index (χ2v) is 3.36. The van der Waals surface area contributed by atoms with Crippen LogP contribution in [0.3, 0.4) is 0 Å². The number of benzene rings is 1. The van der Waals surface area contributed by atoms with E-state index < -0.39 is 0 Å². The van der Waals surface area contributed by atoms with Gasteiger partial charge >= 0.3 is 0 Å². The van der Waals surface area contributed by atoms with Gasteiger partial charge in [0, 0.05) is 11.6 Å². The van der Waals surface area contributed by atoms with Gasteiger partial charge in [0.25, 0.3) is 0 Å². The Balaban J connectivity index is 2.22. The molecule has 0 unspecified atom stereocenters. The van der Waals surface area contributed by atoms with Crippen molar-refractivity contribution >= 4 is 0 Å². The molecule has 0 aliphatic heterocycles. The van der Waals surface area contributed by atoms with E-state index in [1.165, 1.54) is 5.56 Å². The van der Waals surface area contributed by atoms with E-state index in [1.54, 1.807) is 0 Å². The monoisotopic (exact) mass is 195 g/mol. The van der Waals surface area contributed by atoms with Crippen LogP contribution in [0.2, 0.25) is 0 Å². The van der Waals surface area contributed by atoms with Crippen LogP contribution >= 0.6 is 0 Å². The summed E-state index contributed by atoms with van der Waals surface area (Å²) in [6.07, 6.45) is 3.82. The summed E-state index contributed by atoms with van der Waals surface area (Å²) in [6.45, 7) is 0.802. The number of hydrogen-bond acceptors (Lipinski definition) is 1. The van der Waals surface area contributed by atoms with Crippen molar-refractivity contribution in [1.29, 1.82) is 5.26 Å². The quantitative estimate of drug-likeness (QED) is 0.672. The summed E-state index contributed by atoms with van der Waals surface area (Å²) in [5, 5.41) is 8.76. The SMILES string of the molecule is N#Cc1ccc[n+](Cc2ccccc2)c1. The van der Waals surface area contributed by atoms with E-state index in [2.05, 4.69) is 18.2 Å². The molecule has 1 aromatic carbocycles. The predicted molar refractivity (Wildman–Crippen MR) is 56.9 cm³/mol. The number of rotatable bonds is 2. The fourth-order valence-electron chi connectivity index (χ4n) is 1.48. The molecule has 0 bridgehead atoms. The van der Waals surface area contributed by atoms with Crippen molar-refractivity contribution in [2.24, 2.45) is 0 Å². The first-order chi connectivity index (χ1) is 7.38. The van der Waals surface area contributed by atoms with Crippen LogP contribution in [-0.4, -0.2) is 0 Å². The summed E-state index contributed by atoms with van der Waals surface area (Å²) in [4.78, 5) is 0. The van der Waals surface area contributed by atoms with E-state index in [1.807, 2.05) is 47.3 Å². The van der Waals surface area contributed by atoms with Gasteiger partial charge in [0.15, 0.2) is 18.9 Å². The maximum atomic E-state index is 8.76. The largest absolute Gasteiger partial charge is 0.200 e. The van der Waals surface area contributed by atoms with Crippen molar-refractivity contribution in [3.63, 3.8) is 0 Å². The Labute approximate surface area is 89.0 Å². The summed E-state index contributed by atoms with van der Waals surface area (Å²) in [7, 11) is 0. The van der Waals surface area contributed by atoms with Crippen LogP contribution in [0.25, 0.3) is 0 Å². The molecule has 0 atom stereocenters. The first-order valence-electron chi connectivity index (χ1n) is 4.81. The van der Waals surface area contributed by atoms with Crippen molar-refractivity contribution in [2.75, 3.05) is 0 Å². The summed E-state index contributed by atoms with van der Waals surface area (Å²) < 4.78 is 2.01. The third kappa shape index (κ3) is 2.41. The van der Waals surface area contributed by atoms with Gasteiger partial charge in [-0.2, -0.15) is 9.83 Å². The van der Waals surface area contributed by atoms with Gasteiger partial charge in [-0.15, -0.1) is 0 Å². The standard InChI is InChI=1S/C13H11N2/c14-9-13-7-4-8-15(11-13)10-12-5-2-1-3-6-12/h1-8,11H,10H2/q+1. The molecule has 2 rings (SSSR count). The lowest BCUT2D eigenvalue weighted by molar-refractivity contribution is -0.688. The van der Waals surface area contributed by atoms with Gasteiger partial charge in [-0.25, -0.2) is 0 Å².